The van der Waals surface area contributed by atoms with Crippen LogP contribution in [0.15, 0.2) is 29.3 Å². The first-order chi connectivity index (χ1) is 15.2. The average Bonchev–Trinajstić information content (AvgIpc) is 2.84. The summed E-state index contributed by atoms with van der Waals surface area (Å²) in [4.78, 5) is 21.8. The van der Waals surface area contributed by atoms with E-state index in [1.165, 1.54) is 31.9 Å². The van der Waals surface area contributed by atoms with Gasteiger partial charge in [-0.25, -0.2) is 0 Å². The van der Waals surface area contributed by atoms with Crippen LogP contribution in [-0.4, -0.2) is 75.2 Å². The summed E-state index contributed by atoms with van der Waals surface area (Å²) in [6.45, 7) is 7.42. The number of hydrogen-bond acceptors (Lipinski definition) is 5. The third-order valence-corrected chi connectivity index (χ3v) is 6.41. The number of nitrogens with zero attached hydrogens (tertiary/aromatic N) is 3. The molecular weight excluding hydrogens is 519 g/mol. The number of rotatable bonds is 7. The fourth-order valence-electron chi connectivity index (χ4n) is 4.67. The van der Waals surface area contributed by atoms with Gasteiger partial charge in [0.1, 0.15) is 5.75 Å². The van der Waals surface area contributed by atoms with Crippen LogP contribution in [0.5, 0.6) is 5.75 Å². The van der Waals surface area contributed by atoms with Gasteiger partial charge in [0.15, 0.2) is 5.96 Å². The Hall–Kier alpha value is -1.55. The number of benzene rings is 1. The number of carbonyl (C=O) groups is 1. The Kier molecular flexibility index (Phi) is 11.6. The van der Waals surface area contributed by atoms with Gasteiger partial charge in [0, 0.05) is 25.2 Å². The number of piperidine rings is 2. The number of likely N-dealkylation sites (tertiary alicyclic amines) is 2. The first-order valence-corrected chi connectivity index (χ1v) is 11.7. The van der Waals surface area contributed by atoms with E-state index in [1.807, 2.05) is 12.1 Å². The number of nitrogens with one attached hydrogen (secondary N) is 1. The van der Waals surface area contributed by atoms with Gasteiger partial charge in [0.2, 0.25) is 0 Å². The summed E-state index contributed by atoms with van der Waals surface area (Å²) in [7, 11) is 3.21. The first kappa shape index (κ1) is 26.7. The SMILES string of the molecule is CCNC(=NCC(c1ccccc1OC)N1CCCCC1)N1CCC(C(=O)OC)CC1.I. The average molecular weight is 559 g/mol. The highest BCUT2D eigenvalue weighted by molar-refractivity contribution is 14.0. The molecule has 0 bridgehead atoms. The summed E-state index contributed by atoms with van der Waals surface area (Å²) in [5, 5.41) is 3.46. The second-order valence-corrected chi connectivity index (χ2v) is 8.33. The van der Waals surface area contributed by atoms with Gasteiger partial charge in [-0.1, -0.05) is 24.6 Å². The van der Waals surface area contributed by atoms with Crippen LogP contribution >= 0.6 is 24.0 Å². The van der Waals surface area contributed by atoms with E-state index in [4.69, 9.17) is 14.5 Å². The molecule has 2 aliphatic heterocycles. The molecule has 0 spiro atoms. The molecule has 1 aromatic carbocycles. The van der Waals surface area contributed by atoms with Crippen molar-refractivity contribution in [1.29, 1.82) is 0 Å². The molecular formula is C24H39IN4O3. The van der Waals surface area contributed by atoms with E-state index in [0.29, 0.717) is 6.54 Å². The van der Waals surface area contributed by atoms with Gasteiger partial charge in [-0.2, -0.15) is 0 Å². The van der Waals surface area contributed by atoms with Crippen molar-refractivity contribution in [2.75, 3.05) is 53.5 Å². The summed E-state index contributed by atoms with van der Waals surface area (Å²) in [5.41, 5.74) is 1.20. The zero-order valence-electron chi connectivity index (χ0n) is 19.7. The lowest BCUT2D eigenvalue weighted by atomic mass is 9.97. The van der Waals surface area contributed by atoms with Gasteiger partial charge in [-0.15, -0.1) is 24.0 Å². The maximum atomic E-state index is 11.9. The molecule has 8 heteroatoms. The summed E-state index contributed by atoms with van der Waals surface area (Å²) in [6, 6.07) is 8.51. The molecule has 2 heterocycles. The third-order valence-electron chi connectivity index (χ3n) is 6.41. The van der Waals surface area contributed by atoms with Crippen LogP contribution in [0.3, 0.4) is 0 Å². The van der Waals surface area contributed by atoms with Crippen molar-refractivity contribution in [2.45, 2.75) is 45.1 Å². The number of esters is 1. The maximum Gasteiger partial charge on any atom is 0.308 e. The molecule has 2 saturated heterocycles. The van der Waals surface area contributed by atoms with Crippen molar-refractivity contribution in [2.24, 2.45) is 10.9 Å². The summed E-state index contributed by atoms with van der Waals surface area (Å²) in [5.74, 6) is 1.77. The van der Waals surface area contributed by atoms with Gasteiger partial charge < -0.3 is 19.7 Å². The minimum atomic E-state index is -0.0945. The molecule has 0 aromatic heterocycles. The summed E-state index contributed by atoms with van der Waals surface area (Å²) < 4.78 is 10.6. The van der Waals surface area contributed by atoms with E-state index < -0.39 is 0 Å². The quantitative estimate of drug-likeness (QED) is 0.239. The Morgan fingerprint density at radius 3 is 2.44 bits per heavy atom. The van der Waals surface area contributed by atoms with Crippen LogP contribution in [0.1, 0.15) is 50.6 Å². The molecule has 0 amide bonds. The highest BCUT2D eigenvalue weighted by Crippen LogP contribution is 2.31. The fraction of sp³-hybridized carbons (Fsp3) is 0.667. The van der Waals surface area contributed by atoms with Crippen LogP contribution < -0.4 is 10.1 Å². The number of aliphatic imine (C=N–C) groups is 1. The van der Waals surface area contributed by atoms with Crippen molar-refractivity contribution in [3.05, 3.63) is 29.8 Å². The van der Waals surface area contributed by atoms with Gasteiger partial charge >= 0.3 is 5.97 Å². The Bertz CT molecular complexity index is 732. The molecule has 180 valence electrons. The number of ether oxygens (including phenoxy) is 2. The molecule has 1 atom stereocenters. The number of guanidine groups is 1. The highest BCUT2D eigenvalue weighted by atomic mass is 127. The van der Waals surface area contributed by atoms with E-state index in [2.05, 4.69) is 34.2 Å². The van der Waals surface area contributed by atoms with Crippen molar-refractivity contribution >= 4 is 35.9 Å². The van der Waals surface area contributed by atoms with E-state index in [0.717, 1.165) is 57.3 Å². The van der Waals surface area contributed by atoms with Crippen molar-refractivity contribution in [3.63, 3.8) is 0 Å². The lowest BCUT2D eigenvalue weighted by molar-refractivity contribution is -0.146. The van der Waals surface area contributed by atoms with Crippen LogP contribution in [0.4, 0.5) is 0 Å². The molecule has 2 fully saturated rings. The van der Waals surface area contributed by atoms with Crippen molar-refractivity contribution < 1.29 is 14.3 Å². The topological polar surface area (TPSA) is 66.4 Å². The molecule has 1 unspecified atom stereocenters. The van der Waals surface area contributed by atoms with Crippen LogP contribution in [0.2, 0.25) is 0 Å². The zero-order valence-corrected chi connectivity index (χ0v) is 22.0. The van der Waals surface area contributed by atoms with Crippen molar-refractivity contribution in [1.82, 2.24) is 15.1 Å². The summed E-state index contributed by atoms with van der Waals surface area (Å²) >= 11 is 0. The van der Waals surface area contributed by atoms with Gasteiger partial charge in [-0.3, -0.25) is 14.7 Å². The van der Waals surface area contributed by atoms with Gasteiger partial charge in [0.05, 0.1) is 32.7 Å². The maximum absolute atomic E-state index is 11.9. The fourth-order valence-corrected chi connectivity index (χ4v) is 4.67. The number of para-hydroxylation sites is 1. The number of methoxy groups -OCH3 is 2. The normalized spacial score (nSPS) is 19.1. The smallest absolute Gasteiger partial charge is 0.308 e. The molecule has 2 aliphatic rings. The lowest BCUT2D eigenvalue weighted by Gasteiger charge is -2.36. The largest absolute Gasteiger partial charge is 0.496 e. The molecule has 0 saturated carbocycles. The Morgan fingerprint density at radius 1 is 1.12 bits per heavy atom. The van der Waals surface area contributed by atoms with Crippen LogP contribution in [-0.2, 0) is 9.53 Å². The summed E-state index contributed by atoms with van der Waals surface area (Å²) in [6.07, 6.45) is 5.38. The number of carbonyl (C=O) groups excluding carboxylic acids is 1. The molecule has 7 nitrogen and oxygen atoms in total. The second-order valence-electron chi connectivity index (χ2n) is 8.33. The minimum Gasteiger partial charge on any atom is -0.496 e. The molecule has 0 radical (unpaired) electrons. The van der Waals surface area contributed by atoms with E-state index in [-0.39, 0.29) is 41.9 Å². The lowest BCUT2D eigenvalue weighted by Crippen LogP contribution is -2.47. The molecule has 0 aliphatic carbocycles. The van der Waals surface area contributed by atoms with E-state index in [1.54, 1.807) is 7.11 Å². The standard InChI is InChI=1S/C24H38N4O3.HI/c1-4-25-24(28-16-12-19(13-17-28)23(29)31-3)26-18-21(27-14-8-5-9-15-27)20-10-6-7-11-22(20)30-2;/h6-7,10-11,19,21H,4-5,8-9,12-18H2,1-3H3,(H,25,26);1H. The van der Waals surface area contributed by atoms with Crippen molar-refractivity contribution in [3.8, 4) is 5.75 Å². The van der Waals surface area contributed by atoms with E-state index >= 15 is 0 Å². The second kappa shape index (κ2) is 13.9. The van der Waals surface area contributed by atoms with Crippen LogP contribution in [0, 0.1) is 5.92 Å². The Balaban J connectivity index is 0.00000363. The van der Waals surface area contributed by atoms with Crippen LogP contribution in [0.25, 0.3) is 0 Å². The monoisotopic (exact) mass is 558 g/mol. The molecule has 1 aromatic rings. The van der Waals surface area contributed by atoms with Gasteiger partial charge in [0.25, 0.3) is 0 Å². The zero-order chi connectivity index (χ0) is 22.1. The Labute approximate surface area is 209 Å². The highest BCUT2D eigenvalue weighted by Gasteiger charge is 2.28. The predicted molar refractivity (Wildman–Crippen MR) is 139 cm³/mol. The Morgan fingerprint density at radius 2 is 1.81 bits per heavy atom. The predicted octanol–water partition coefficient (Wildman–Crippen LogP) is 3.69. The minimum absolute atomic E-state index is 0. The third kappa shape index (κ3) is 6.97. The molecule has 3 rings (SSSR count). The molecule has 1 N–H and O–H groups in total. The van der Waals surface area contributed by atoms with E-state index in [9.17, 15) is 4.79 Å². The van der Waals surface area contributed by atoms with Gasteiger partial charge in [-0.05, 0) is 51.8 Å². The first-order valence-electron chi connectivity index (χ1n) is 11.7. The number of halogens is 1. The molecule has 32 heavy (non-hydrogen) atoms. The number of hydrogen-bond donors (Lipinski definition) is 1.